The lowest BCUT2D eigenvalue weighted by molar-refractivity contribution is -0.129. The Labute approximate surface area is 190 Å². The van der Waals surface area contributed by atoms with Gasteiger partial charge >= 0.3 is 0 Å². The number of anilines is 1. The maximum absolute atomic E-state index is 13.1. The Morgan fingerprint density at radius 1 is 0.818 bits per heavy atom. The van der Waals surface area contributed by atoms with Crippen LogP contribution in [0.4, 0.5) is 5.69 Å². The van der Waals surface area contributed by atoms with Crippen molar-refractivity contribution in [1.82, 2.24) is 5.48 Å². The molecule has 0 spiro atoms. The van der Waals surface area contributed by atoms with Crippen LogP contribution in [-0.4, -0.2) is 25.8 Å². The van der Waals surface area contributed by atoms with E-state index in [2.05, 4.69) is 4.72 Å². The van der Waals surface area contributed by atoms with E-state index in [0.717, 1.165) is 5.39 Å². The van der Waals surface area contributed by atoms with Gasteiger partial charge in [0.15, 0.2) is 6.29 Å². The molecule has 0 radical (unpaired) electrons. The highest BCUT2D eigenvalue weighted by Crippen LogP contribution is 2.29. The fourth-order valence-corrected chi connectivity index (χ4v) is 5.04. The highest BCUT2D eigenvalue weighted by atomic mass is 32.2. The van der Waals surface area contributed by atoms with Crippen molar-refractivity contribution in [3.05, 3.63) is 108 Å². The maximum atomic E-state index is 13.1. The number of amides is 1. The van der Waals surface area contributed by atoms with Crippen molar-refractivity contribution in [3.8, 4) is 0 Å². The van der Waals surface area contributed by atoms with Crippen LogP contribution in [0.5, 0.6) is 0 Å². The first-order valence-electron chi connectivity index (χ1n) is 10.0. The number of aldehydes is 1. The second-order valence-electron chi connectivity index (χ2n) is 7.36. The largest absolute Gasteiger partial charge is 0.298 e. The van der Waals surface area contributed by atoms with Crippen LogP contribution in [0.1, 0.15) is 27.4 Å². The van der Waals surface area contributed by atoms with Crippen LogP contribution >= 0.6 is 0 Å². The van der Waals surface area contributed by atoms with Crippen LogP contribution in [0.3, 0.4) is 0 Å². The lowest BCUT2D eigenvalue weighted by Gasteiger charge is -2.17. The SMILES string of the molecule is O=Cc1c(S(=O)(=O)Nc2ccc(C(C(=O)NO)c3ccccc3)cc2)ccc2ccccc12. The van der Waals surface area contributed by atoms with Gasteiger partial charge in [0.2, 0.25) is 0 Å². The predicted molar refractivity (Wildman–Crippen MR) is 125 cm³/mol. The number of rotatable bonds is 7. The zero-order chi connectivity index (χ0) is 23.4. The van der Waals surface area contributed by atoms with E-state index in [-0.39, 0.29) is 16.1 Å². The van der Waals surface area contributed by atoms with E-state index in [1.807, 2.05) is 12.1 Å². The molecule has 0 fully saturated rings. The van der Waals surface area contributed by atoms with Crippen LogP contribution < -0.4 is 10.2 Å². The molecule has 4 aromatic carbocycles. The summed E-state index contributed by atoms with van der Waals surface area (Å²) in [6, 6.07) is 25.3. The lowest BCUT2D eigenvalue weighted by Crippen LogP contribution is -2.27. The average Bonchev–Trinajstić information content (AvgIpc) is 2.84. The third-order valence-corrected chi connectivity index (χ3v) is 6.78. The van der Waals surface area contributed by atoms with Gasteiger partial charge in [0, 0.05) is 11.3 Å². The zero-order valence-electron chi connectivity index (χ0n) is 17.3. The molecule has 0 aliphatic carbocycles. The molecule has 0 aliphatic rings. The number of hydroxylamine groups is 1. The molecule has 3 N–H and O–H groups in total. The van der Waals surface area contributed by atoms with E-state index >= 15 is 0 Å². The summed E-state index contributed by atoms with van der Waals surface area (Å²) in [6.07, 6.45) is 0.540. The molecule has 0 aromatic heterocycles. The normalized spacial score (nSPS) is 12.2. The van der Waals surface area contributed by atoms with Gasteiger partial charge in [-0.2, -0.15) is 0 Å². The Hall–Kier alpha value is -4.01. The van der Waals surface area contributed by atoms with Crippen molar-refractivity contribution in [3.63, 3.8) is 0 Å². The van der Waals surface area contributed by atoms with E-state index in [4.69, 9.17) is 5.21 Å². The van der Waals surface area contributed by atoms with Gasteiger partial charge in [-0.1, -0.05) is 72.8 Å². The molecular formula is C25H20N2O5S. The molecule has 0 aliphatic heterocycles. The smallest absolute Gasteiger partial charge is 0.262 e. The molecule has 4 rings (SSSR count). The number of fused-ring (bicyclic) bond motifs is 1. The molecule has 166 valence electrons. The number of carbonyl (C=O) groups is 2. The van der Waals surface area contributed by atoms with Crippen LogP contribution in [0, 0.1) is 0 Å². The first kappa shape index (κ1) is 22.2. The summed E-state index contributed by atoms with van der Waals surface area (Å²) in [5.74, 6) is -1.38. The molecule has 4 aromatic rings. The van der Waals surface area contributed by atoms with Crippen LogP contribution in [0.15, 0.2) is 95.9 Å². The van der Waals surface area contributed by atoms with Crippen molar-refractivity contribution in [2.75, 3.05) is 4.72 Å². The standard InChI is InChI=1S/C25H20N2O5S/c28-16-22-21-9-5-4-6-17(21)12-15-23(22)33(31,32)27-20-13-10-19(11-14-20)24(25(29)26-30)18-7-2-1-3-8-18/h1-16,24,27,30H,(H,26,29). The molecule has 7 nitrogen and oxygen atoms in total. The number of hydrogen-bond acceptors (Lipinski definition) is 5. The Morgan fingerprint density at radius 3 is 2.12 bits per heavy atom. The highest BCUT2D eigenvalue weighted by Gasteiger charge is 2.23. The van der Waals surface area contributed by atoms with Gasteiger partial charge in [0.25, 0.3) is 15.9 Å². The van der Waals surface area contributed by atoms with Gasteiger partial charge < -0.3 is 0 Å². The quantitative estimate of drug-likeness (QED) is 0.218. The fourth-order valence-electron chi connectivity index (χ4n) is 3.79. The van der Waals surface area contributed by atoms with E-state index < -0.39 is 21.8 Å². The number of benzene rings is 4. The molecule has 1 amide bonds. The third-order valence-electron chi connectivity index (χ3n) is 5.34. The summed E-state index contributed by atoms with van der Waals surface area (Å²) in [5, 5.41) is 10.5. The Bertz CT molecular complexity index is 1420. The van der Waals surface area contributed by atoms with Crippen molar-refractivity contribution in [1.29, 1.82) is 0 Å². The molecule has 0 bridgehead atoms. The number of hydrogen-bond donors (Lipinski definition) is 3. The molecule has 0 saturated heterocycles. The van der Waals surface area contributed by atoms with Gasteiger partial charge in [0.1, 0.15) is 0 Å². The molecule has 1 atom stereocenters. The van der Waals surface area contributed by atoms with Crippen molar-refractivity contribution >= 4 is 38.7 Å². The number of nitrogens with one attached hydrogen (secondary N) is 2. The van der Waals surface area contributed by atoms with Crippen molar-refractivity contribution < 1.29 is 23.2 Å². The molecule has 0 saturated carbocycles. The van der Waals surface area contributed by atoms with Crippen molar-refractivity contribution in [2.24, 2.45) is 0 Å². The minimum absolute atomic E-state index is 0.0842. The summed E-state index contributed by atoms with van der Waals surface area (Å²) in [5.41, 5.74) is 3.26. The summed E-state index contributed by atoms with van der Waals surface area (Å²) in [4.78, 5) is 23.9. The average molecular weight is 461 g/mol. The molecule has 1 unspecified atom stereocenters. The van der Waals surface area contributed by atoms with E-state index in [1.165, 1.54) is 18.2 Å². The number of sulfonamides is 1. The third kappa shape index (κ3) is 4.48. The first-order valence-corrected chi connectivity index (χ1v) is 11.5. The summed E-state index contributed by atoms with van der Waals surface area (Å²) >= 11 is 0. The summed E-state index contributed by atoms with van der Waals surface area (Å²) in [7, 11) is -4.05. The topological polar surface area (TPSA) is 113 Å². The first-order chi connectivity index (χ1) is 15.9. The highest BCUT2D eigenvalue weighted by molar-refractivity contribution is 7.92. The van der Waals surface area contributed by atoms with Crippen molar-refractivity contribution in [2.45, 2.75) is 10.8 Å². The van der Waals surface area contributed by atoms with E-state index in [0.29, 0.717) is 22.8 Å². The Balaban J connectivity index is 1.66. The van der Waals surface area contributed by atoms with Gasteiger partial charge in [-0.15, -0.1) is 0 Å². The zero-order valence-corrected chi connectivity index (χ0v) is 18.1. The Kier molecular flexibility index (Phi) is 6.21. The predicted octanol–water partition coefficient (Wildman–Crippen LogP) is 4.09. The van der Waals surface area contributed by atoms with Crippen LogP contribution in [0.2, 0.25) is 0 Å². The minimum Gasteiger partial charge on any atom is -0.298 e. The van der Waals surface area contributed by atoms with Crippen LogP contribution in [-0.2, 0) is 14.8 Å². The summed E-state index contributed by atoms with van der Waals surface area (Å²) < 4.78 is 28.6. The molecule has 33 heavy (non-hydrogen) atoms. The van der Waals surface area contributed by atoms with E-state index in [1.54, 1.807) is 66.1 Å². The molecular weight excluding hydrogens is 440 g/mol. The fraction of sp³-hybridized carbons (Fsp3) is 0.0400. The van der Waals surface area contributed by atoms with Gasteiger partial charge in [0.05, 0.1) is 10.8 Å². The summed E-state index contributed by atoms with van der Waals surface area (Å²) in [6.45, 7) is 0. The van der Waals surface area contributed by atoms with Gasteiger partial charge in [-0.05, 0) is 40.1 Å². The molecule has 8 heteroatoms. The monoisotopic (exact) mass is 460 g/mol. The maximum Gasteiger partial charge on any atom is 0.262 e. The van der Waals surface area contributed by atoms with Gasteiger partial charge in [-0.3, -0.25) is 19.5 Å². The minimum atomic E-state index is -4.05. The second kappa shape index (κ2) is 9.23. The van der Waals surface area contributed by atoms with Gasteiger partial charge in [-0.25, -0.2) is 13.9 Å². The van der Waals surface area contributed by atoms with Crippen LogP contribution in [0.25, 0.3) is 10.8 Å². The Morgan fingerprint density at radius 2 is 1.45 bits per heavy atom. The molecule has 0 heterocycles. The van der Waals surface area contributed by atoms with E-state index in [9.17, 15) is 18.0 Å². The number of carbonyl (C=O) groups excluding carboxylic acids is 2. The lowest BCUT2D eigenvalue weighted by atomic mass is 9.90. The second-order valence-corrected chi connectivity index (χ2v) is 9.01.